The van der Waals surface area contributed by atoms with Crippen LogP contribution in [0.25, 0.3) is 0 Å². The van der Waals surface area contributed by atoms with Crippen molar-refractivity contribution in [3.63, 3.8) is 0 Å². The first-order valence-electron chi connectivity index (χ1n) is 6.35. The molecule has 2 atom stereocenters. The van der Waals surface area contributed by atoms with Gasteiger partial charge in [0.15, 0.2) is 0 Å². The summed E-state index contributed by atoms with van der Waals surface area (Å²) in [5, 5.41) is 0. The maximum absolute atomic E-state index is 5.75. The van der Waals surface area contributed by atoms with Crippen LogP contribution < -0.4 is 16.0 Å². The van der Waals surface area contributed by atoms with E-state index in [0.717, 1.165) is 24.3 Å². The van der Waals surface area contributed by atoms with Crippen LogP contribution in [0.5, 0.6) is 5.75 Å². The van der Waals surface area contributed by atoms with Crippen molar-refractivity contribution < 1.29 is 9.47 Å². The van der Waals surface area contributed by atoms with Crippen molar-refractivity contribution in [2.75, 3.05) is 13.7 Å². The monoisotopic (exact) mass is 253 g/mol. The molecule has 0 bridgehead atoms. The van der Waals surface area contributed by atoms with Gasteiger partial charge < -0.3 is 9.47 Å². The van der Waals surface area contributed by atoms with E-state index in [1.807, 2.05) is 19.1 Å². The number of hydrogen-bond acceptors (Lipinski definition) is 5. The van der Waals surface area contributed by atoms with Gasteiger partial charge in [-0.05, 0) is 25.5 Å². The molecule has 0 saturated carbocycles. The fourth-order valence-corrected chi connectivity index (χ4v) is 2.02. The number of pyridine rings is 1. The molecule has 1 aromatic rings. The standard InChI is InChI=1S/C13H23N3O2/c1-4-7-11(18-5-2)13(16-14)12-10(17-3)8-6-9-15-12/h6,8-9,11,13,16H,4-5,7,14H2,1-3H3. The van der Waals surface area contributed by atoms with Gasteiger partial charge in [0.25, 0.3) is 0 Å². The van der Waals surface area contributed by atoms with Gasteiger partial charge in [0.05, 0.1) is 19.3 Å². The van der Waals surface area contributed by atoms with E-state index in [2.05, 4.69) is 17.3 Å². The molecule has 0 amide bonds. The van der Waals surface area contributed by atoms with E-state index in [0.29, 0.717) is 6.61 Å². The summed E-state index contributed by atoms with van der Waals surface area (Å²) < 4.78 is 11.1. The summed E-state index contributed by atoms with van der Waals surface area (Å²) in [5.74, 6) is 6.39. The molecule has 0 aromatic carbocycles. The Bertz CT molecular complexity index is 341. The highest BCUT2D eigenvalue weighted by molar-refractivity contribution is 5.30. The summed E-state index contributed by atoms with van der Waals surface area (Å²) in [6.45, 7) is 4.75. The minimum atomic E-state index is -0.166. The topological polar surface area (TPSA) is 69.4 Å². The Kier molecular flexibility index (Phi) is 6.64. The number of hydrogen-bond donors (Lipinski definition) is 2. The molecule has 2 unspecified atom stereocenters. The van der Waals surface area contributed by atoms with Crippen LogP contribution >= 0.6 is 0 Å². The Balaban J connectivity index is 2.98. The van der Waals surface area contributed by atoms with Crippen LogP contribution in [0.2, 0.25) is 0 Å². The zero-order valence-corrected chi connectivity index (χ0v) is 11.3. The Morgan fingerprint density at radius 1 is 1.44 bits per heavy atom. The predicted molar refractivity (Wildman–Crippen MR) is 71.2 cm³/mol. The van der Waals surface area contributed by atoms with Crippen LogP contribution in [0.3, 0.4) is 0 Å². The number of methoxy groups -OCH3 is 1. The average Bonchev–Trinajstić information content (AvgIpc) is 2.40. The second-order valence-electron chi connectivity index (χ2n) is 4.02. The SMILES string of the molecule is CCCC(OCC)C(NN)c1ncccc1OC. The molecule has 0 aliphatic carbocycles. The highest BCUT2D eigenvalue weighted by Crippen LogP contribution is 2.27. The Hall–Kier alpha value is -1.17. The fraction of sp³-hybridized carbons (Fsp3) is 0.615. The number of rotatable bonds is 8. The van der Waals surface area contributed by atoms with Crippen LogP contribution in [0.4, 0.5) is 0 Å². The van der Waals surface area contributed by atoms with Gasteiger partial charge in [-0.25, -0.2) is 5.43 Å². The molecular formula is C13H23N3O2. The van der Waals surface area contributed by atoms with Gasteiger partial charge in [0.2, 0.25) is 0 Å². The lowest BCUT2D eigenvalue weighted by molar-refractivity contribution is 0.0259. The highest BCUT2D eigenvalue weighted by Gasteiger charge is 2.25. The molecule has 102 valence electrons. The van der Waals surface area contributed by atoms with Crippen molar-refractivity contribution in [3.8, 4) is 5.75 Å². The molecule has 1 aromatic heterocycles. The maximum Gasteiger partial charge on any atom is 0.142 e. The van der Waals surface area contributed by atoms with Crippen molar-refractivity contribution in [2.24, 2.45) is 5.84 Å². The van der Waals surface area contributed by atoms with Crippen molar-refractivity contribution in [3.05, 3.63) is 24.0 Å². The smallest absolute Gasteiger partial charge is 0.142 e. The lowest BCUT2D eigenvalue weighted by Crippen LogP contribution is -2.38. The summed E-state index contributed by atoms with van der Waals surface area (Å²) in [4.78, 5) is 4.36. The first kappa shape index (κ1) is 14.9. The van der Waals surface area contributed by atoms with E-state index in [-0.39, 0.29) is 12.1 Å². The summed E-state index contributed by atoms with van der Waals surface area (Å²) in [6.07, 6.45) is 3.67. The third-order valence-electron chi connectivity index (χ3n) is 2.82. The van der Waals surface area contributed by atoms with E-state index in [1.165, 1.54) is 0 Å². The van der Waals surface area contributed by atoms with Gasteiger partial charge in [-0.1, -0.05) is 13.3 Å². The molecule has 0 fully saturated rings. The second kappa shape index (κ2) is 8.02. The Morgan fingerprint density at radius 2 is 2.22 bits per heavy atom. The third-order valence-corrected chi connectivity index (χ3v) is 2.82. The van der Waals surface area contributed by atoms with E-state index in [9.17, 15) is 0 Å². The summed E-state index contributed by atoms with van der Waals surface area (Å²) in [5.41, 5.74) is 3.58. The number of ether oxygens (including phenoxy) is 2. The van der Waals surface area contributed by atoms with Crippen molar-refractivity contribution in [1.29, 1.82) is 0 Å². The summed E-state index contributed by atoms with van der Waals surface area (Å²) in [6, 6.07) is 3.55. The third kappa shape index (κ3) is 3.66. The number of nitrogens with two attached hydrogens (primary N) is 1. The normalized spacial score (nSPS) is 14.2. The molecule has 0 aliphatic heterocycles. The molecule has 1 rings (SSSR count). The highest BCUT2D eigenvalue weighted by atomic mass is 16.5. The molecule has 0 spiro atoms. The number of nitrogens with one attached hydrogen (secondary N) is 1. The lowest BCUT2D eigenvalue weighted by atomic mass is 10.0. The quantitative estimate of drug-likeness (QED) is 0.546. The van der Waals surface area contributed by atoms with Gasteiger partial charge in [-0.2, -0.15) is 0 Å². The molecule has 0 aliphatic rings. The van der Waals surface area contributed by atoms with E-state index in [4.69, 9.17) is 15.3 Å². The number of aromatic nitrogens is 1. The molecule has 18 heavy (non-hydrogen) atoms. The van der Waals surface area contributed by atoms with Crippen molar-refractivity contribution in [1.82, 2.24) is 10.4 Å². The fourth-order valence-electron chi connectivity index (χ4n) is 2.02. The van der Waals surface area contributed by atoms with Crippen LogP contribution in [-0.2, 0) is 4.74 Å². The van der Waals surface area contributed by atoms with Crippen LogP contribution in [0.15, 0.2) is 18.3 Å². The minimum absolute atomic E-state index is 0.00574. The molecule has 5 nitrogen and oxygen atoms in total. The Labute approximate surface area is 109 Å². The largest absolute Gasteiger partial charge is 0.495 e. The molecule has 3 N–H and O–H groups in total. The van der Waals surface area contributed by atoms with Gasteiger partial charge in [0, 0.05) is 12.8 Å². The molecule has 5 heteroatoms. The molecule has 0 radical (unpaired) electrons. The molecule has 0 saturated heterocycles. The lowest BCUT2D eigenvalue weighted by Gasteiger charge is -2.26. The van der Waals surface area contributed by atoms with Gasteiger partial charge in [-0.15, -0.1) is 0 Å². The van der Waals surface area contributed by atoms with Crippen LogP contribution in [-0.4, -0.2) is 24.8 Å². The van der Waals surface area contributed by atoms with Gasteiger partial charge in [0.1, 0.15) is 11.4 Å². The predicted octanol–water partition coefficient (Wildman–Crippen LogP) is 1.80. The first-order valence-corrected chi connectivity index (χ1v) is 6.35. The Morgan fingerprint density at radius 3 is 2.78 bits per heavy atom. The van der Waals surface area contributed by atoms with E-state index >= 15 is 0 Å². The minimum Gasteiger partial charge on any atom is -0.495 e. The summed E-state index contributed by atoms with van der Waals surface area (Å²) >= 11 is 0. The van der Waals surface area contributed by atoms with Crippen LogP contribution in [0, 0.1) is 0 Å². The van der Waals surface area contributed by atoms with Crippen LogP contribution in [0.1, 0.15) is 38.4 Å². The van der Waals surface area contributed by atoms with Gasteiger partial charge in [-0.3, -0.25) is 10.8 Å². The number of nitrogens with zero attached hydrogens (tertiary/aromatic N) is 1. The van der Waals surface area contributed by atoms with E-state index in [1.54, 1.807) is 13.3 Å². The average molecular weight is 253 g/mol. The van der Waals surface area contributed by atoms with Crippen molar-refractivity contribution >= 4 is 0 Å². The first-order chi connectivity index (χ1) is 8.78. The molecular weight excluding hydrogens is 230 g/mol. The van der Waals surface area contributed by atoms with Crippen molar-refractivity contribution in [2.45, 2.75) is 38.8 Å². The zero-order valence-electron chi connectivity index (χ0n) is 11.3. The second-order valence-corrected chi connectivity index (χ2v) is 4.02. The maximum atomic E-state index is 5.75. The number of hydrazine groups is 1. The summed E-state index contributed by atoms with van der Waals surface area (Å²) in [7, 11) is 1.63. The molecule has 1 heterocycles. The zero-order chi connectivity index (χ0) is 13.4. The van der Waals surface area contributed by atoms with Gasteiger partial charge >= 0.3 is 0 Å². The van der Waals surface area contributed by atoms with E-state index < -0.39 is 0 Å².